The van der Waals surface area contributed by atoms with E-state index < -0.39 is 0 Å². The maximum atomic E-state index is 8.91. The first-order valence-corrected chi connectivity index (χ1v) is 2.78. The van der Waals surface area contributed by atoms with E-state index in [-0.39, 0.29) is 5.75 Å². The smallest absolute Gasteiger partial charge is 0.00624 e. The van der Waals surface area contributed by atoms with Crippen LogP contribution in [0.1, 0.15) is 0 Å². The molecule has 2 aromatic rings. The summed E-state index contributed by atoms with van der Waals surface area (Å²) in [6.07, 6.45) is 0. The number of benzene rings is 1. The minimum absolute atomic E-state index is 0.0846. The van der Waals surface area contributed by atoms with Crippen LogP contribution < -0.4 is 0 Å². The lowest BCUT2D eigenvalue weighted by atomic mass is 10.3. The number of H-pyrrole nitrogens is 1. The van der Waals surface area contributed by atoms with Gasteiger partial charge in [0.05, 0.1) is 0 Å². The maximum Gasteiger partial charge on any atom is 0.00624 e. The van der Waals surface area contributed by atoms with Crippen LogP contribution in [0.3, 0.4) is 0 Å². The first-order valence-electron chi connectivity index (χ1n) is 2.78. The monoisotopic (exact) mass is 134 g/mol. The molecule has 0 unspecified atom stereocenters. The van der Waals surface area contributed by atoms with Gasteiger partial charge in [0, 0.05) is 16.8 Å². The molecule has 0 spiro atoms. The van der Waals surface area contributed by atoms with E-state index >= 15 is 0 Å². The van der Waals surface area contributed by atoms with Crippen molar-refractivity contribution in [2.45, 2.75) is 0 Å². The summed E-state index contributed by atoms with van der Waals surface area (Å²) in [4.78, 5) is 0. The van der Waals surface area contributed by atoms with Gasteiger partial charge >= 0.3 is 0 Å². The molecule has 0 aliphatic rings. The summed E-state index contributed by atoms with van der Waals surface area (Å²) in [5.74, 6) is 0.0846. The number of nitrogens with one attached hydrogen (secondary N) is 1. The van der Waals surface area contributed by atoms with Gasteiger partial charge in [-0.25, -0.2) is 10.3 Å². The Bertz CT molecular complexity index is 355. The maximum absolute atomic E-state index is 8.91. The highest BCUT2D eigenvalue weighted by Gasteiger charge is 1.86. The molecular formula is C6H4N3O-. The quantitative estimate of drug-likeness (QED) is 0.514. The van der Waals surface area contributed by atoms with Crippen LogP contribution in [0.15, 0.2) is 12.1 Å². The van der Waals surface area contributed by atoms with Crippen LogP contribution in [0, 0.1) is 6.07 Å². The molecule has 10 heavy (non-hydrogen) atoms. The molecule has 0 amide bonds. The summed E-state index contributed by atoms with van der Waals surface area (Å²) in [5, 5.41) is 18.8. The van der Waals surface area contributed by atoms with Gasteiger partial charge < -0.3 is 5.11 Å². The molecule has 0 atom stereocenters. The Labute approximate surface area is 56.5 Å². The summed E-state index contributed by atoms with van der Waals surface area (Å²) in [5.41, 5.74) is 1.26. The van der Waals surface area contributed by atoms with Gasteiger partial charge in [0.2, 0.25) is 0 Å². The van der Waals surface area contributed by atoms with Crippen molar-refractivity contribution >= 4 is 11.0 Å². The van der Waals surface area contributed by atoms with Crippen molar-refractivity contribution in [1.29, 1.82) is 0 Å². The fraction of sp³-hybridized carbons (Fsp3) is 0. The van der Waals surface area contributed by atoms with Crippen LogP contribution >= 0.6 is 0 Å². The molecule has 0 saturated heterocycles. The highest BCUT2D eigenvalue weighted by Crippen LogP contribution is 2.13. The van der Waals surface area contributed by atoms with Crippen molar-refractivity contribution in [3.63, 3.8) is 0 Å². The van der Waals surface area contributed by atoms with Crippen molar-refractivity contribution in [3.8, 4) is 5.75 Å². The summed E-state index contributed by atoms with van der Waals surface area (Å²) in [6, 6.07) is 5.81. The lowest BCUT2D eigenvalue weighted by Gasteiger charge is -1.96. The number of aromatic nitrogens is 3. The summed E-state index contributed by atoms with van der Waals surface area (Å²) in [6.45, 7) is 0. The van der Waals surface area contributed by atoms with Gasteiger partial charge in [0.1, 0.15) is 0 Å². The molecule has 1 heterocycles. The first-order chi connectivity index (χ1) is 4.86. The first kappa shape index (κ1) is 5.22. The second kappa shape index (κ2) is 1.70. The van der Waals surface area contributed by atoms with Gasteiger partial charge in [-0.3, -0.25) is 0 Å². The number of hydrogen-bond acceptors (Lipinski definition) is 3. The molecule has 4 heteroatoms. The molecule has 0 fully saturated rings. The lowest BCUT2D eigenvalue weighted by molar-refractivity contribution is 0.475. The molecule has 1 aromatic carbocycles. The molecule has 1 aromatic heterocycles. The molecule has 0 saturated carbocycles. The number of phenolic OH excluding ortho intramolecular Hbond substituents is 1. The zero-order chi connectivity index (χ0) is 6.97. The number of hydrogen-bond donors (Lipinski definition) is 2. The molecule has 0 aliphatic heterocycles. The standard InChI is InChI=1S/C6H4N3O/c10-4-1-2-5-6(3-4)8-9-7-5/h1-2,10H,(H,7,8,9)/q-1. The largest absolute Gasteiger partial charge is 0.534 e. The number of nitrogens with zero attached hydrogens (tertiary/aromatic N) is 2. The molecule has 2 rings (SSSR count). The number of rotatable bonds is 0. The highest BCUT2D eigenvalue weighted by atomic mass is 16.3. The molecule has 4 nitrogen and oxygen atoms in total. The van der Waals surface area contributed by atoms with Crippen LogP contribution in [0.5, 0.6) is 5.75 Å². The predicted molar refractivity (Wildman–Crippen MR) is 34.4 cm³/mol. The predicted octanol–water partition coefficient (Wildman–Crippen LogP) is 0.464. The molecule has 0 radical (unpaired) electrons. The van der Waals surface area contributed by atoms with Gasteiger partial charge in [0.15, 0.2) is 0 Å². The van der Waals surface area contributed by atoms with Crippen molar-refractivity contribution < 1.29 is 5.11 Å². The van der Waals surface area contributed by atoms with E-state index in [1.807, 2.05) is 0 Å². The van der Waals surface area contributed by atoms with E-state index in [1.54, 1.807) is 6.07 Å². The Morgan fingerprint density at radius 3 is 3.20 bits per heavy atom. The minimum atomic E-state index is 0.0846. The zero-order valence-corrected chi connectivity index (χ0v) is 5.00. The van der Waals surface area contributed by atoms with E-state index in [9.17, 15) is 0 Å². The van der Waals surface area contributed by atoms with E-state index in [2.05, 4.69) is 21.5 Å². The average molecular weight is 134 g/mol. The summed E-state index contributed by atoms with van der Waals surface area (Å²) in [7, 11) is 0. The third kappa shape index (κ3) is 0.621. The number of aromatic hydroxyl groups is 1. The second-order valence-corrected chi connectivity index (χ2v) is 1.90. The fourth-order valence-corrected chi connectivity index (χ4v) is 0.768. The Morgan fingerprint density at radius 2 is 2.30 bits per heavy atom. The normalized spacial score (nSPS) is 10.4. The molecule has 2 N–H and O–H groups in total. The Kier molecular flexibility index (Phi) is 0.887. The highest BCUT2D eigenvalue weighted by molar-refractivity contribution is 5.74. The summed E-state index contributed by atoms with van der Waals surface area (Å²) < 4.78 is 0. The topological polar surface area (TPSA) is 61.8 Å². The SMILES string of the molecule is Oc1[c-]c2n[nH]nc2cc1. The van der Waals surface area contributed by atoms with Crippen LogP contribution in [-0.4, -0.2) is 20.5 Å². The van der Waals surface area contributed by atoms with E-state index in [4.69, 9.17) is 5.11 Å². The van der Waals surface area contributed by atoms with Crippen molar-refractivity contribution in [1.82, 2.24) is 15.4 Å². The number of aromatic amines is 1. The van der Waals surface area contributed by atoms with Crippen LogP contribution in [0.2, 0.25) is 0 Å². The Morgan fingerprint density at radius 1 is 1.40 bits per heavy atom. The van der Waals surface area contributed by atoms with Gasteiger partial charge in [0.25, 0.3) is 0 Å². The van der Waals surface area contributed by atoms with Crippen LogP contribution in [-0.2, 0) is 0 Å². The van der Waals surface area contributed by atoms with Gasteiger partial charge in [-0.1, -0.05) is 0 Å². The zero-order valence-electron chi connectivity index (χ0n) is 5.00. The molecule has 0 bridgehead atoms. The Hall–Kier alpha value is -1.58. The molecule has 0 aliphatic carbocycles. The average Bonchev–Trinajstić information content (AvgIpc) is 2.33. The van der Waals surface area contributed by atoms with Crippen molar-refractivity contribution in [2.24, 2.45) is 0 Å². The Balaban J connectivity index is 2.86. The third-order valence-electron chi connectivity index (χ3n) is 1.22. The third-order valence-corrected chi connectivity index (χ3v) is 1.22. The number of fused-ring (bicyclic) bond motifs is 1. The second-order valence-electron chi connectivity index (χ2n) is 1.90. The van der Waals surface area contributed by atoms with Gasteiger partial charge in [-0.2, -0.15) is 5.10 Å². The van der Waals surface area contributed by atoms with Crippen molar-refractivity contribution in [3.05, 3.63) is 18.2 Å². The van der Waals surface area contributed by atoms with Crippen LogP contribution in [0.4, 0.5) is 0 Å². The van der Waals surface area contributed by atoms with Crippen molar-refractivity contribution in [2.75, 3.05) is 0 Å². The number of phenols is 1. The molecular weight excluding hydrogens is 130 g/mol. The van der Waals surface area contributed by atoms with E-state index in [0.29, 0.717) is 11.0 Å². The van der Waals surface area contributed by atoms with Gasteiger partial charge in [-0.05, 0) is 0 Å². The minimum Gasteiger partial charge on any atom is -0.534 e. The fourth-order valence-electron chi connectivity index (χ4n) is 0.768. The molecule has 50 valence electrons. The summed E-state index contributed by atoms with van der Waals surface area (Å²) >= 11 is 0. The van der Waals surface area contributed by atoms with E-state index in [1.165, 1.54) is 6.07 Å². The van der Waals surface area contributed by atoms with Gasteiger partial charge in [-0.15, -0.1) is 18.2 Å². The lowest BCUT2D eigenvalue weighted by Crippen LogP contribution is -1.68. The van der Waals surface area contributed by atoms with Crippen LogP contribution in [0.25, 0.3) is 11.0 Å². The van der Waals surface area contributed by atoms with E-state index in [0.717, 1.165) is 0 Å².